The Bertz CT molecular complexity index is 1210. The third kappa shape index (κ3) is 4.13. The predicted molar refractivity (Wildman–Crippen MR) is 116 cm³/mol. The standard InChI is InChI=1S/C21H25N5O4S/c1-15-5-7-17(8-6-15)31(29,30)26-11-9-18-20(22-14-23-21(18)26)24(2)25-10-3-4-16(13-25)12-19(27)28/h5-9,11,14,16H,3-4,10,12-13H2,1-2H3,(H,27,28). The largest absolute Gasteiger partial charge is 0.481 e. The molecule has 3 aromatic rings. The van der Waals surface area contributed by atoms with Crippen LogP contribution in [0, 0.1) is 12.8 Å². The second-order valence-electron chi connectivity index (χ2n) is 7.91. The third-order valence-electron chi connectivity index (χ3n) is 5.70. The number of nitrogens with zero attached hydrogens (tertiary/aromatic N) is 5. The molecule has 1 aliphatic rings. The monoisotopic (exact) mass is 443 g/mol. The van der Waals surface area contributed by atoms with Gasteiger partial charge in [0.15, 0.2) is 11.5 Å². The molecule has 1 aromatic carbocycles. The number of aryl methyl sites for hydroxylation is 1. The van der Waals surface area contributed by atoms with E-state index in [2.05, 4.69) is 15.0 Å². The van der Waals surface area contributed by atoms with Gasteiger partial charge in [-0.25, -0.2) is 27.4 Å². The van der Waals surface area contributed by atoms with Crippen LogP contribution in [0.4, 0.5) is 5.82 Å². The smallest absolute Gasteiger partial charge is 0.303 e. The number of carboxylic acids is 1. The van der Waals surface area contributed by atoms with Crippen molar-refractivity contribution >= 4 is 32.8 Å². The van der Waals surface area contributed by atoms with Crippen LogP contribution in [-0.4, -0.2) is 58.6 Å². The maximum absolute atomic E-state index is 13.2. The van der Waals surface area contributed by atoms with E-state index in [1.165, 1.54) is 16.5 Å². The number of hydrogen-bond acceptors (Lipinski definition) is 7. The number of carboxylic acid groups (broad SMARTS) is 1. The summed E-state index contributed by atoms with van der Waals surface area (Å²) in [5, 5.41) is 13.7. The molecule has 10 heteroatoms. The zero-order valence-electron chi connectivity index (χ0n) is 17.5. The van der Waals surface area contributed by atoms with Crippen molar-refractivity contribution in [2.24, 2.45) is 5.92 Å². The molecule has 1 fully saturated rings. The van der Waals surface area contributed by atoms with Crippen LogP contribution in [0.15, 0.2) is 47.8 Å². The van der Waals surface area contributed by atoms with E-state index >= 15 is 0 Å². The summed E-state index contributed by atoms with van der Waals surface area (Å²) >= 11 is 0. The number of aliphatic carboxylic acids is 1. The minimum Gasteiger partial charge on any atom is -0.481 e. The second kappa shape index (κ2) is 8.27. The van der Waals surface area contributed by atoms with Crippen molar-refractivity contribution in [3.63, 3.8) is 0 Å². The number of hydrazine groups is 1. The number of anilines is 1. The van der Waals surface area contributed by atoms with Crippen molar-refractivity contribution in [2.75, 3.05) is 25.1 Å². The number of fused-ring (bicyclic) bond motifs is 1. The van der Waals surface area contributed by atoms with Gasteiger partial charge < -0.3 is 5.11 Å². The highest BCUT2D eigenvalue weighted by molar-refractivity contribution is 7.90. The highest BCUT2D eigenvalue weighted by Crippen LogP contribution is 2.29. The molecule has 0 amide bonds. The topological polar surface area (TPSA) is 109 Å². The number of rotatable bonds is 6. The Kier molecular flexibility index (Phi) is 5.67. The second-order valence-corrected chi connectivity index (χ2v) is 9.72. The maximum Gasteiger partial charge on any atom is 0.303 e. The zero-order chi connectivity index (χ0) is 22.2. The first-order valence-corrected chi connectivity index (χ1v) is 11.6. The highest BCUT2D eigenvalue weighted by atomic mass is 32.2. The molecule has 0 bridgehead atoms. The van der Waals surface area contributed by atoms with E-state index in [9.17, 15) is 13.2 Å². The Morgan fingerprint density at radius 1 is 1.23 bits per heavy atom. The summed E-state index contributed by atoms with van der Waals surface area (Å²) in [6, 6.07) is 8.39. The third-order valence-corrected chi connectivity index (χ3v) is 7.38. The summed E-state index contributed by atoms with van der Waals surface area (Å²) in [6.07, 6.45) is 4.75. The van der Waals surface area contributed by atoms with Gasteiger partial charge in [-0.2, -0.15) is 0 Å². The molecule has 4 rings (SSSR count). The van der Waals surface area contributed by atoms with E-state index in [0.717, 1.165) is 24.9 Å². The number of piperidine rings is 1. The van der Waals surface area contributed by atoms with Crippen LogP contribution in [0.2, 0.25) is 0 Å². The molecular formula is C21H25N5O4S. The first kappa shape index (κ1) is 21.3. The minimum atomic E-state index is -3.80. The molecule has 0 radical (unpaired) electrons. The molecule has 0 aliphatic carbocycles. The lowest BCUT2D eigenvalue weighted by molar-refractivity contribution is -0.138. The molecule has 31 heavy (non-hydrogen) atoms. The average Bonchev–Trinajstić information content (AvgIpc) is 3.18. The Labute approximate surface area is 181 Å². The van der Waals surface area contributed by atoms with Crippen LogP contribution < -0.4 is 5.01 Å². The van der Waals surface area contributed by atoms with Gasteiger partial charge in [0.05, 0.1) is 10.3 Å². The van der Waals surface area contributed by atoms with E-state index in [-0.39, 0.29) is 17.2 Å². The summed E-state index contributed by atoms with van der Waals surface area (Å²) in [7, 11) is -1.94. The minimum absolute atomic E-state index is 0.0672. The molecule has 9 nitrogen and oxygen atoms in total. The highest BCUT2D eigenvalue weighted by Gasteiger charge is 2.27. The van der Waals surface area contributed by atoms with Crippen LogP contribution >= 0.6 is 0 Å². The van der Waals surface area contributed by atoms with Crippen molar-refractivity contribution in [1.29, 1.82) is 0 Å². The summed E-state index contributed by atoms with van der Waals surface area (Å²) < 4.78 is 27.5. The molecule has 1 atom stereocenters. The molecule has 2 aromatic heterocycles. The van der Waals surface area contributed by atoms with Crippen molar-refractivity contribution in [3.05, 3.63) is 48.4 Å². The van der Waals surface area contributed by atoms with E-state index in [1.54, 1.807) is 30.3 Å². The molecule has 3 heterocycles. The summed E-state index contributed by atoms with van der Waals surface area (Å²) in [6.45, 7) is 3.29. The van der Waals surface area contributed by atoms with Crippen molar-refractivity contribution in [2.45, 2.75) is 31.1 Å². The molecule has 1 N–H and O–H groups in total. The quantitative estimate of drug-likeness (QED) is 0.619. The normalized spacial score (nSPS) is 17.7. The first-order chi connectivity index (χ1) is 14.8. The zero-order valence-corrected chi connectivity index (χ0v) is 18.3. The SMILES string of the molecule is Cc1ccc(S(=O)(=O)n2ccc3c(N(C)N4CCCC(CC(=O)O)C4)ncnc32)cc1. The fraction of sp³-hybridized carbons (Fsp3) is 0.381. The fourth-order valence-corrected chi connectivity index (χ4v) is 5.35. The van der Waals surface area contributed by atoms with Crippen LogP contribution in [0.5, 0.6) is 0 Å². The maximum atomic E-state index is 13.2. The van der Waals surface area contributed by atoms with E-state index in [0.29, 0.717) is 23.4 Å². The van der Waals surface area contributed by atoms with E-state index in [1.807, 2.05) is 19.0 Å². The van der Waals surface area contributed by atoms with Crippen molar-refractivity contribution in [1.82, 2.24) is 18.9 Å². The predicted octanol–water partition coefficient (Wildman–Crippen LogP) is 2.51. The van der Waals surface area contributed by atoms with Crippen LogP contribution in [0.25, 0.3) is 11.0 Å². The lowest BCUT2D eigenvalue weighted by atomic mass is 9.96. The number of benzene rings is 1. The van der Waals surface area contributed by atoms with Crippen LogP contribution in [0.1, 0.15) is 24.8 Å². The number of carbonyl (C=O) groups is 1. The van der Waals surface area contributed by atoms with Gasteiger partial charge in [0.2, 0.25) is 0 Å². The van der Waals surface area contributed by atoms with Gasteiger partial charge in [0.25, 0.3) is 10.0 Å². The number of aromatic nitrogens is 3. The molecule has 0 spiro atoms. The Morgan fingerprint density at radius 3 is 2.68 bits per heavy atom. The molecule has 164 valence electrons. The number of hydrogen-bond donors (Lipinski definition) is 1. The fourth-order valence-electron chi connectivity index (χ4n) is 4.05. The van der Waals surface area contributed by atoms with Gasteiger partial charge in [-0.15, -0.1) is 0 Å². The van der Waals surface area contributed by atoms with Gasteiger partial charge >= 0.3 is 5.97 Å². The van der Waals surface area contributed by atoms with Gasteiger partial charge in [0, 0.05) is 32.8 Å². The van der Waals surface area contributed by atoms with Gasteiger partial charge in [-0.1, -0.05) is 17.7 Å². The molecule has 0 saturated carbocycles. The summed E-state index contributed by atoms with van der Waals surface area (Å²) in [5.41, 5.74) is 1.28. The van der Waals surface area contributed by atoms with Crippen molar-refractivity contribution in [3.8, 4) is 0 Å². The lowest BCUT2D eigenvalue weighted by Crippen LogP contribution is -2.47. The Morgan fingerprint density at radius 2 is 1.97 bits per heavy atom. The Hall–Kier alpha value is -2.98. The molecule has 1 aliphatic heterocycles. The molecule has 1 unspecified atom stereocenters. The molecular weight excluding hydrogens is 418 g/mol. The van der Waals surface area contributed by atoms with Gasteiger partial charge in [-0.05, 0) is 43.9 Å². The van der Waals surface area contributed by atoms with Crippen molar-refractivity contribution < 1.29 is 18.3 Å². The Balaban J connectivity index is 1.67. The van der Waals surface area contributed by atoms with E-state index < -0.39 is 16.0 Å². The van der Waals surface area contributed by atoms with Crippen LogP contribution in [-0.2, 0) is 14.8 Å². The summed E-state index contributed by atoms with van der Waals surface area (Å²) in [4.78, 5) is 19.9. The van der Waals surface area contributed by atoms with Gasteiger partial charge in [0.1, 0.15) is 6.33 Å². The van der Waals surface area contributed by atoms with Gasteiger partial charge in [-0.3, -0.25) is 9.80 Å². The lowest BCUT2D eigenvalue weighted by Gasteiger charge is -2.38. The molecule has 1 saturated heterocycles. The van der Waals surface area contributed by atoms with Crippen LogP contribution in [0.3, 0.4) is 0 Å². The average molecular weight is 444 g/mol. The first-order valence-electron chi connectivity index (χ1n) is 10.1. The summed E-state index contributed by atoms with van der Waals surface area (Å²) in [5.74, 6) is -0.145. The van der Waals surface area contributed by atoms with E-state index in [4.69, 9.17) is 5.11 Å².